The molecule has 1 saturated carbocycles. The molecule has 0 saturated heterocycles. The van der Waals surface area contributed by atoms with Gasteiger partial charge in [-0.25, -0.2) is 13.1 Å². The number of hydrogen-bond donors (Lipinski definition) is 2. The molecule has 1 aliphatic rings. The Hall–Kier alpha value is -0.150. The third-order valence-corrected chi connectivity index (χ3v) is 7.14. The van der Waals surface area contributed by atoms with E-state index in [1.807, 2.05) is 0 Å². The van der Waals surface area contributed by atoms with Gasteiger partial charge in [-0.3, -0.25) is 4.79 Å². The smallest absolute Gasteiger partial charge is 0.310 e. The molecule has 100 valence electrons. The van der Waals surface area contributed by atoms with Gasteiger partial charge in [-0.2, -0.15) is 0 Å². The number of aliphatic carboxylic acids is 1. The van der Waals surface area contributed by atoms with Crippen molar-refractivity contribution in [2.24, 2.45) is 5.41 Å². The van der Waals surface area contributed by atoms with E-state index >= 15 is 0 Å². The highest BCUT2D eigenvalue weighted by molar-refractivity contribution is 9.11. The molecule has 2 rings (SSSR count). The van der Waals surface area contributed by atoms with Crippen LogP contribution in [-0.2, 0) is 14.8 Å². The van der Waals surface area contributed by atoms with Crippen molar-refractivity contribution >= 4 is 54.9 Å². The molecule has 5 nitrogen and oxygen atoms in total. The molecule has 1 aromatic rings. The second-order valence-corrected chi connectivity index (χ2v) is 8.87. The van der Waals surface area contributed by atoms with Crippen LogP contribution >= 0.6 is 38.9 Å². The SMILES string of the molecule is O=C(O)C1(CNS(=O)(=O)c2cc(Cl)c(Br)s2)CC1. The van der Waals surface area contributed by atoms with Gasteiger partial charge in [-0.1, -0.05) is 11.6 Å². The van der Waals surface area contributed by atoms with Crippen molar-refractivity contribution in [3.05, 3.63) is 14.9 Å². The standard InChI is InChI=1S/C9H9BrClNO4S2/c10-7-5(11)3-6(17-7)18(15,16)12-4-9(1-2-9)8(13)14/h3,12H,1-2,4H2,(H,13,14). The third-order valence-electron chi connectivity index (χ3n) is 2.80. The van der Waals surface area contributed by atoms with Crippen molar-refractivity contribution in [1.29, 1.82) is 0 Å². The van der Waals surface area contributed by atoms with Crippen LogP contribution in [0.5, 0.6) is 0 Å². The lowest BCUT2D eigenvalue weighted by Crippen LogP contribution is -2.33. The quantitative estimate of drug-likeness (QED) is 0.828. The summed E-state index contributed by atoms with van der Waals surface area (Å²) in [6.07, 6.45) is 0.999. The van der Waals surface area contributed by atoms with Crippen LogP contribution in [0.25, 0.3) is 0 Å². The van der Waals surface area contributed by atoms with Crippen LogP contribution in [0.1, 0.15) is 12.8 Å². The zero-order valence-electron chi connectivity index (χ0n) is 8.94. The monoisotopic (exact) mass is 373 g/mol. The van der Waals surface area contributed by atoms with Crippen LogP contribution < -0.4 is 4.72 Å². The van der Waals surface area contributed by atoms with E-state index in [4.69, 9.17) is 16.7 Å². The number of hydrogen-bond acceptors (Lipinski definition) is 4. The van der Waals surface area contributed by atoms with Gasteiger partial charge in [0.1, 0.15) is 4.21 Å². The molecule has 0 aromatic carbocycles. The van der Waals surface area contributed by atoms with E-state index in [0.29, 0.717) is 21.7 Å². The number of rotatable bonds is 5. The fourth-order valence-corrected chi connectivity index (χ4v) is 4.95. The largest absolute Gasteiger partial charge is 0.481 e. The van der Waals surface area contributed by atoms with Gasteiger partial charge in [-0.15, -0.1) is 11.3 Å². The van der Waals surface area contributed by atoms with Crippen molar-refractivity contribution in [3.8, 4) is 0 Å². The van der Waals surface area contributed by atoms with Crippen molar-refractivity contribution < 1.29 is 18.3 Å². The van der Waals surface area contributed by atoms with E-state index in [9.17, 15) is 13.2 Å². The minimum Gasteiger partial charge on any atom is -0.481 e. The molecule has 9 heteroatoms. The number of sulfonamides is 1. The van der Waals surface area contributed by atoms with Gasteiger partial charge in [0.25, 0.3) is 0 Å². The number of carboxylic acids is 1. The first-order chi connectivity index (χ1) is 8.27. The summed E-state index contributed by atoms with van der Waals surface area (Å²) in [6.45, 7) is -0.0855. The topological polar surface area (TPSA) is 83.5 Å². The van der Waals surface area contributed by atoms with Crippen molar-refractivity contribution in [2.45, 2.75) is 17.1 Å². The number of nitrogens with one attached hydrogen (secondary N) is 1. The summed E-state index contributed by atoms with van der Waals surface area (Å²) in [6, 6.07) is 1.33. The molecule has 0 unspecified atom stereocenters. The van der Waals surface area contributed by atoms with Gasteiger partial charge in [0, 0.05) is 6.54 Å². The average Bonchev–Trinajstić information content (AvgIpc) is 2.99. The lowest BCUT2D eigenvalue weighted by molar-refractivity contribution is -0.143. The second kappa shape index (κ2) is 4.75. The van der Waals surface area contributed by atoms with Crippen LogP contribution in [0.15, 0.2) is 14.1 Å². The maximum Gasteiger partial charge on any atom is 0.310 e. The molecule has 2 N–H and O–H groups in total. The summed E-state index contributed by atoms with van der Waals surface area (Å²) >= 11 is 9.89. The summed E-state index contributed by atoms with van der Waals surface area (Å²) < 4.78 is 26.8. The maximum atomic E-state index is 11.9. The highest BCUT2D eigenvalue weighted by Gasteiger charge is 2.50. The molecule has 1 fully saturated rings. The van der Waals surface area contributed by atoms with Gasteiger partial charge in [0.15, 0.2) is 0 Å². The first kappa shape index (κ1) is 14.3. The fraction of sp³-hybridized carbons (Fsp3) is 0.444. The minimum atomic E-state index is -3.70. The highest BCUT2D eigenvalue weighted by Crippen LogP contribution is 2.45. The third kappa shape index (κ3) is 2.72. The van der Waals surface area contributed by atoms with Gasteiger partial charge in [0.05, 0.1) is 14.2 Å². The van der Waals surface area contributed by atoms with E-state index < -0.39 is 21.4 Å². The van der Waals surface area contributed by atoms with Gasteiger partial charge in [-0.05, 0) is 34.8 Å². The summed E-state index contributed by atoms with van der Waals surface area (Å²) in [7, 11) is -3.70. The number of thiophene rings is 1. The number of carbonyl (C=O) groups is 1. The zero-order chi connectivity index (χ0) is 13.6. The summed E-state index contributed by atoms with van der Waals surface area (Å²) in [5, 5.41) is 9.28. The average molecular weight is 375 g/mol. The van der Waals surface area contributed by atoms with Crippen LogP contribution in [0, 0.1) is 5.41 Å². The molecular weight excluding hydrogens is 366 g/mol. The van der Waals surface area contributed by atoms with E-state index in [1.165, 1.54) is 6.07 Å². The Kier molecular flexibility index (Phi) is 3.76. The highest BCUT2D eigenvalue weighted by atomic mass is 79.9. The molecule has 0 spiro atoms. The van der Waals surface area contributed by atoms with E-state index in [-0.39, 0.29) is 10.8 Å². The van der Waals surface area contributed by atoms with E-state index in [0.717, 1.165) is 11.3 Å². The maximum absolute atomic E-state index is 11.9. The van der Waals surface area contributed by atoms with Crippen LogP contribution in [0.3, 0.4) is 0 Å². The first-order valence-corrected chi connectivity index (χ1v) is 8.42. The molecule has 1 heterocycles. The Labute approximate surface area is 121 Å². The molecule has 0 amide bonds. The van der Waals surface area contributed by atoms with Crippen molar-refractivity contribution in [1.82, 2.24) is 4.72 Å². The van der Waals surface area contributed by atoms with Crippen molar-refractivity contribution in [3.63, 3.8) is 0 Å². The molecule has 18 heavy (non-hydrogen) atoms. The summed E-state index contributed by atoms with van der Waals surface area (Å²) in [5.74, 6) is -0.962. The number of carboxylic acid groups (broad SMARTS) is 1. The Morgan fingerprint density at radius 2 is 2.22 bits per heavy atom. The van der Waals surface area contributed by atoms with E-state index in [2.05, 4.69) is 20.7 Å². The Balaban J connectivity index is 2.11. The predicted octanol–water partition coefficient (Wildman–Crippen LogP) is 2.31. The molecule has 0 atom stereocenters. The van der Waals surface area contributed by atoms with E-state index in [1.54, 1.807) is 0 Å². The Bertz CT molecular complexity index is 574. The van der Waals surface area contributed by atoms with Crippen LogP contribution in [-0.4, -0.2) is 26.0 Å². The van der Waals surface area contributed by atoms with Crippen molar-refractivity contribution in [2.75, 3.05) is 6.54 Å². The summed E-state index contributed by atoms with van der Waals surface area (Å²) in [4.78, 5) is 10.9. The first-order valence-electron chi connectivity index (χ1n) is 4.95. The predicted molar refractivity (Wildman–Crippen MR) is 71.5 cm³/mol. The second-order valence-electron chi connectivity index (χ2n) is 4.10. The molecule has 0 aliphatic heterocycles. The van der Waals surface area contributed by atoms with Gasteiger partial charge in [0.2, 0.25) is 10.0 Å². The molecule has 1 aliphatic carbocycles. The van der Waals surface area contributed by atoms with Crippen LogP contribution in [0.4, 0.5) is 0 Å². The van der Waals surface area contributed by atoms with Crippen LogP contribution in [0.2, 0.25) is 5.02 Å². The van der Waals surface area contributed by atoms with Gasteiger partial charge >= 0.3 is 5.97 Å². The fourth-order valence-electron chi connectivity index (χ4n) is 1.38. The molecule has 0 radical (unpaired) electrons. The normalized spacial score (nSPS) is 17.7. The lowest BCUT2D eigenvalue weighted by atomic mass is 10.1. The summed E-state index contributed by atoms with van der Waals surface area (Å²) in [5.41, 5.74) is -0.925. The zero-order valence-corrected chi connectivity index (χ0v) is 12.9. The Morgan fingerprint density at radius 1 is 1.61 bits per heavy atom. The minimum absolute atomic E-state index is 0.0700. The molecule has 1 aromatic heterocycles. The number of halogens is 2. The van der Waals surface area contributed by atoms with Gasteiger partial charge < -0.3 is 5.11 Å². The Morgan fingerprint density at radius 3 is 2.61 bits per heavy atom. The molecular formula is C9H9BrClNO4S2. The lowest BCUT2D eigenvalue weighted by Gasteiger charge is -2.10. The molecule has 0 bridgehead atoms.